The van der Waals surface area contributed by atoms with Crippen LogP contribution in [0, 0.1) is 0 Å². The molecule has 144 valence electrons. The molecule has 0 bridgehead atoms. The summed E-state index contributed by atoms with van der Waals surface area (Å²) in [7, 11) is 0. The van der Waals surface area contributed by atoms with Crippen LogP contribution in [0.4, 0.5) is 5.69 Å². The van der Waals surface area contributed by atoms with Gasteiger partial charge in [-0.2, -0.15) is 4.98 Å². The standard InChI is InChI=1S/C21H15N3O4S/c25-20(17-7-4-12-29-17)22-16-10-8-15(9-11-16)21(26)27-13-18-23-19(24-28-18)14-5-2-1-3-6-14/h1-12H,13H2,(H,22,25). The zero-order valence-corrected chi connectivity index (χ0v) is 15.9. The van der Waals surface area contributed by atoms with Crippen molar-refractivity contribution in [1.29, 1.82) is 0 Å². The third-order valence-corrected chi connectivity index (χ3v) is 4.82. The van der Waals surface area contributed by atoms with Crippen LogP contribution in [0.3, 0.4) is 0 Å². The van der Waals surface area contributed by atoms with Crippen LogP contribution in [0.25, 0.3) is 11.4 Å². The number of rotatable bonds is 6. The van der Waals surface area contributed by atoms with Crippen molar-refractivity contribution < 1.29 is 18.8 Å². The van der Waals surface area contributed by atoms with E-state index in [1.165, 1.54) is 11.3 Å². The summed E-state index contributed by atoms with van der Waals surface area (Å²) < 4.78 is 10.3. The Morgan fingerprint density at radius 2 is 1.79 bits per heavy atom. The minimum absolute atomic E-state index is 0.129. The number of amides is 1. The van der Waals surface area contributed by atoms with Crippen LogP contribution in [0.2, 0.25) is 0 Å². The third kappa shape index (κ3) is 4.56. The van der Waals surface area contributed by atoms with Crippen LogP contribution < -0.4 is 5.32 Å². The molecule has 2 heterocycles. The lowest BCUT2D eigenvalue weighted by molar-refractivity contribution is 0.0430. The number of ether oxygens (including phenoxy) is 1. The van der Waals surface area contributed by atoms with E-state index in [0.29, 0.717) is 22.0 Å². The zero-order valence-electron chi connectivity index (χ0n) is 15.1. The highest BCUT2D eigenvalue weighted by molar-refractivity contribution is 7.12. The number of benzene rings is 2. The summed E-state index contributed by atoms with van der Waals surface area (Å²) in [4.78, 5) is 29.1. The van der Waals surface area contributed by atoms with Gasteiger partial charge < -0.3 is 14.6 Å². The van der Waals surface area contributed by atoms with Gasteiger partial charge >= 0.3 is 5.97 Å². The number of esters is 1. The maximum absolute atomic E-state index is 12.2. The van der Waals surface area contributed by atoms with E-state index >= 15 is 0 Å². The van der Waals surface area contributed by atoms with Crippen molar-refractivity contribution in [2.75, 3.05) is 5.32 Å². The van der Waals surface area contributed by atoms with Gasteiger partial charge in [-0.3, -0.25) is 4.79 Å². The second-order valence-corrected chi connectivity index (χ2v) is 6.91. The maximum atomic E-state index is 12.2. The van der Waals surface area contributed by atoms with E-state index in [1.807, 2.05) is 41.8 Å². The Labute approximate surface area is 170 Å². The zero-order chi connectivity index (χ0) is 20.1. The molecule has 0 aliphatic rings. The van der Waals surface area contributed by atoms with E-state index in [9.17, 15) is 9.59 Å². The number of anilines is 1. The van der Waals surface area contributed by atoms with E-state index in [-0.39, 0.29) is 18.4 Å². The molecule has 2 aromatic carbocycles. The molecule has 0 atom stereocenters. The maximum Gasteiger partial charge on any atom is 0.338 e. The van der Waals surface area contributed by atoms with Crippen molar-refractivity contribution in [3.8, 4) is 11.4 Å². The molecule has 0 saturated carbocycles. The molecular weight excluding hydrogens is 390 g/mol. The number of aromatic nitrogens is 2. The van der Waals surface area contributed by atoms with Crippen molar-refractivity contribution in [3.63, 3.8) is 0 Å². The fraction of sp³-hybridized carbons (Fsp3) is 0.0476. The summed E-state index contributed by atoms with van der Waals surface area (Å²) in [5.74, 6) is -0.0824. The van der Waals surface area contributed by atoms with Gasteiger partial charge in [-0.25, -0.2) is 4.79 Å². The van der Waals surface area contributed by atoms with Crippen molar-refractivity contribution in [1.82, 2.24) is 10.1 Å². The first-order valence-corrected chi connectivity index (χ1v) is 9.57. The number of carbonyl (C=O) groups is 2. The van der Waals surface area contributed by atoms with E-state index in [2.05, 4.69) is 15.5 Å². The van der Waals surface area contributed by atoms with Crippen LogP contribution in [0.1, 0.15) is 25.9 Å². The minimum Gasteiger partial charge on any atom is -0.452 e. The van der Waals surface area contributed by atoms with Gasteiger partial charge in [0.15, 0.2) is 6.61 Å². The summed E-state index contributed by atoms with van der Waals surface area (Å²) in [5, 5.41) is 8.49. The number of carbonyl (C=O) groups excluding carboxylic acids is 2. The average Bonchev–Trinajstić information content (AvgIpc) is 3.45. The molecule has 4 rings (SSSR count). The Bertz CT molecular complexity index is 1110. The number of hydrogen-bond acceptors (Lipinski definition) is 7. The second-order valence-electron chi connectivity index (χ2n) is 5.96. The van der Waals surface area contributed by atoms with Crippen molar-refractivity contribution in [3.05, 3.63) is 88.4 Å². The summed E-state index contributed by atoms with van der Waals surface area (Å²) in [6.07, 6.45) is 0. The summed E-state index contributed by atoms with van der Waals surface area (Å²) in [5.41, 5.74) is 1.75. The van der Waals surface area contributed by atoms with Crippen LogP contribution in [0.15, 0.2) is 76.6 Å². The van der Waals surface area contributed by atoms with Crippen LogP contribution in [-0.2, 0) is 11.3 Å². The number of nitrogens with one attached hydrogen (secondary N) is 1. The lowest BCUT2D eigenvalue weighted by atomic mass is 10.2. The van der Waals surface area contributed by atoms with E-state index < -0.39 is 5.97 Å². The highest BCUT2D eigenvalue weighted by Crippen LogP contribution is 2.17. The molecule has 0 unspecified atom stereocenters. The molecule has 0 fully saturated rings. The van der Waals surface area contributed by atoms with Crippen LogP contribution >= 0.6 is 11.3 Å². The Balaban J connectivity index is 1.33. The average molecular weight is 405 g/mol. The van der Waals surface area contributed by atoms with Gasteiger partial charge in [0.25, 0.3) is 11.8 Å². The molecular formula is C21H15N3O4S. The normalized spacial score (nSPS) is 10.5. The molecule has 2 aromatic heterocycles. The van der Waals surface area contributed by atoms with Crippen molar-refractivity contribution >= 4 is 28.9 Å². The lowest BCUT2D eigenvalue weighted by Crippen LogP contribution is -2.10. The molecule has 1 amide bonds. The molecule has 1 N–H and O–H groups in total. The SMILES string of the molecule is O=C(OCc1nc(-c2ccccc2)no1)c1ccc(NC(=O)c2cccs2)cc1. The van der Waals surface area contributed by atoms with E-state index in [0.717, 1.165) is 5.56 Å². The van der Waals surface area contributed by atoms with Gasteiger partial charge in [-0.05, 0) is 35.7 Å². The van der Waals surface area contributed by atoms with Crippen molar-refractivity contribution in [2.45, 2.75) is 6.61 Å². The van der Waals surface area contributed by atoms with Crippen LogP contribution in [-0.4, -0.2) is 22.0 Å². The fourth-order valence-electron chi connectivity index (χ4n) is 2.52. The first kappa shape index (κ1) is 18.6. The largest absolute Gasteiger partial charge is 0.452 e. The number of hydrogen-bond donors (Lipinski definition) is 1. The quantitative estimate of drug-likeness (QED) is 0.478. The molecule has 4 aromatic rings. The van der Waals surface area contributed by atoms with E-state index in [4.69, 9.17) is 9.26 Å². The first-order valence-electron chi connectivity index (χ1n) is 8.69. The number of thiophene rings is 1. The Kier molecular flexibility index (Phi) is 5.44. The van der Waals surface area contributed by atoms with Gasteiger partial charge in [0.05, 0.1) is 10.4 Å². The topological polar surface area (TPSA) is 94.3 Å². The van der Waals surface area contributed by atoms with Gasteiger partial charge in [0, 0.05) is 11.3 Å². The molecule has 29 heavy (non-hydrogen) atoms. The predicted octanol–water partition coefficient (Wildman–Crippen LogP) is 4.41. The number of nitrogens with zero attached hydrogens (tertiary/aromatic N) is 2. The molecule has 8 heteroatoms. The lowest BCUT2D eigenvalue weighted by Gasteiger charge is -2.05. The predicted molar refractivity (Wildman–Crippen MR) is 108 cm³/mol. The van der Waals surface area contributed by atoms with Gasteiger partial charge in [-0.15, -0.1) is 11.3 Å². The highest BCUT2D eigenvalue weighted by Gasteiger charge is 2.13. The molecule has 0 aliphatic heterocycles. The molecule has 0 saturated heterocycles. The summed E-state index contributed by atoms with van der Waals surface area (Å²) >= 11 is 1.36. The smallest absolute Gasteiger partial charge is 0.338 e. The summed E-state index contributed by atoms with van der Waals surface area (Å²) in [6, 6.07) is 19.4. The highest BCUT2D eigenvalue weighted by atomic mass is 32.1. The Morgan fingerprint density at radius 1 is 1.00 bits per heavy atom. The minimum atomic E-state index is -0.527. The monoisotopic (exact) mass is 405 g/mol. The van der Waals surface area contributed by atoms with Gasteiger partial charge in [0.1, 0.15) is 0 Å². The first-order chi connectivity index (χ1) is 14.2. The van der Waals surface area contributed by atoms with E-state index in [1.54, 1.807) is 30.3 Å². The van der Waals surface area contributed by atoms with Crippen molar-refractivity contribution in [2.24, 2.45) is 0 Å². The fourth-order valence-corrected chi connectivity index (χ4v) is 3.14. The molecule has 0 spiro atoms. The molecule has 7 nitrogen and oxygen atoms in total. The van der Waals surface area contributed by atoms with Gasteiger partial charge in [-0.1, -0.05) is 41.6 Å². The Morgan fingerprint density at radius 3 is 2.52 bits per heavy atom. The summed E-state index contributed by atoms with van der Waals surface area (Å²) in [6.45, 7) is -0.129. The van der Waals surface area contributed by atoms with Crippen LogP contribution in [0.5, 0.6) is 0 Å². The Hall–Kier alpha value is -3.78. The van der Waals surface area contributed by atoms with Gasteiger partial charge in [0.2, 0.25) is 5.82 Å². The molecule has 0 aliphatic carbocycles. The third-order valence-electron chi connectivity index (χ3n) is 3.95. The molecule has 0 radical (unpaired) electrons. The second kappa shape index (κ2) is 8.49.